The topological polar surface area (TPSA) is 84.2 Å². The number of hydrogen-bond donors (Lipinski definition) is 2. The van der Waals surface area contributed by atoms with Gasteiger partial charge in [0.2, 0.25) is 0 Å². The van der Waals surface area contributed by atoms with Crippen LogP contribution in [0.4, 0.5) is 5.82 Å². The minimum absolute atomic E-state index is 0.250. The highest BCUT2D eigenvalue weighted by Crippen LogP contribution is 2.27. The Kier molecular flexibility index (Phi) is 7.00. The van der Waals surface area contributed by atoms with Gasteiger partial charge in [0.25, 0.3) is 11.5 Å². The Morgan fingerprint density at radius 2 is 1.76 bits per heavy atom. The van der Waals surface area contributed by atoms with Crippen LogP contribution < -0.4 is 10.9 Å². The van der Waals surface area contributed by atoms with E-state index in [2.05, 4.69) is 17.2 Å². The van der Waals surface area contributed by atoms with Crippen LogP contribution in [0.15, 0.2) is 53.5 Å². The molecule has 0 spiro atoms. The molecule has 0 saturated heterocycles. The molecule has 0 fully saturated rings. The summed E-state index contributed by atoms with van der Waals surface area (Å²) in [5.74, 6) is -0.626. The highest BCUT2D eigenvalue weighted by molar-refractivity contribution is 6.08. The molecule has 0 bridgehead atoms. The van der Waals surface area contributed by atoms with E-state index in [4.69, 9.17) is 0 Å². The fraction of sp³-hybridized carbons (Fsp3) is 0.348. The van der Waals surface area contributed by atoms with Crippen molar-refractivity contribution in [1.82, 2.24) is 9.55 Å². The van der Waals surface area contributed by atoms with Crippen LogP contribution >= 0.6 is 0 Å². The molecular formula is C23H27N3O3. The van der Waals surface area contributed by atoms with Crippen LogP contribution in [0.25, 0.3) is 10.9 Å². The van der Waals surface area contributed by atoms with E-state index in [0.717, 1.165) is 19.3 Å². The second-order valence-corrected chi connectivity index (χ2v) is 7.13. The molecule has 29 heavy (non-hydrogen) atoms. The summed E-state index contributed by atoms with van der Waals surface area (Å²) in [6.45, 7) is 2.69. The van der Waals surface area contributed by atoms with Crippen molar-refractivity contribution in [2.75, 3.05) is 5.32 Å². The van der Waals surface area contributed by atoms with Crippen LogP contribution in [0.1, 0.15) is 55.8 Å². The van der Waals surface area contributed by atoms with Gasteiger partial charge in [-0.25, -0.2) is 4.98 Å². The molecule has 6 heteroatoms. The predicted octanol–water partition coefficient (Wildman–Crippen LogP) is 4.71. The van der Waals surface area contributed by atoms with Crippen molar-refractivity contribution in [2.45, 2.75) is 52.0 Å². The molecule has 1 aromatic carbocycles. The summed E-state index contributed by atoms with van der Waals surface area (Å²) in [5, 5.41) is 13.8. The third-order valence-electron chi connectivity index (χ3n) is 5.01. The van der Waals surface area contributed by atoms with Crippen molar-refractivity contribution in [3.63, 3.8) is 0 Å². The third-order valence-corrected chi connectivity index (χ3v) is 5.01. The van der Waals surface area contributed by atoms with Gasteiger partial charge in [-0.1, -0.05) is 57.2 Å². The van der Waals surface area contributed by atoms with Gasteiger partial charge in [0.1, 0.15) is 17.1 Å². The van der Waals surface area contributed by atoms with Gasteiger partial charge in [0, 0.05) is 18.1 Å². The van der Waals surface area contributed by atoms with E-state index in [1.165, 1.54) is 19.3 Å². The molecule has 152 valence electrons. The first-order valence-electron chi connectivity index (χ1n) is 10.2. The van der Waals surface area contributed by atoms with Gasteiger partial charge in [-0.05, 0) is 30.7 Å². The third kappa shape index (κ3) is 4.83. The van der Waals surface area contributed by atoms with Crippen LogP contribution in [0.2, 0.25) is 0 Å². The molecule has 2 aromatic heterocycles. The van der Waals surface area contributed by atoms with Gasteiger partial charge in [-0.15, -0.1) is 0 Å². The number of aromatic nitrogens is 2. The standard InChI is InChI=1S/C23H27N3O3/c1-2-3-4-5-6-11-16-26-18-13-8-7-12-17(18)21(27)20(23(26)29)22(28)25-19-14-9-10-15-24-19/h7-10,12-15,27H,2-6,11,16H2,1H3,(H,24,25,28). The van der Waals surface area contributed by atoms with E-state index in [-0.39, 0.29) is 11.3 Å². The lowest BCUT2D eigenvalue weighted by Gasteiger charge is -2.15. The highest BCUT2D eigenvalue weighted by atomic mass is 16.3. The number of benzene rings is 1. The van der Waals surface area contributed by atoms with E-state index >= 15 is 0 Å². The summed E-state index contributed by atoms with van der Waals surface area (Å²) < 4.78 is 1.60. The van der Waals surface area contributed by atoms with E-state index in [0.29, 0.717) is 23.3 Å². The zero-order valence-corrected chi connectivity index (χ0v) is 16.7. The molecule has 0 radical (unpaired) electrons. The Morgan fingerprint density at radius 1 is 1.03 bits per heavy atom. The van der Waals surface area contributed by atoms with Crippen molar-refractivity contribution >= 4 is 22.6 Å². The molecule has 0 aliphatic rings. The average Bonchev–Trinajstić information content (AvgIpc) is 2.73. The number of nitrogens with one attached hydrogen (secondary N) is 1. The molecule has 3 aromatic rings. The van der Waals surface area contributed by atoms with Crippen LogP contribution in [-0.4, -0.2) is 20.6 Å². The second-order valence-electron chi connectivity index (χ2n) is 7.13. The summed E-state index contributed by atoms with van der Waals surface area (Å²) >= 11 is 0. The van der Waals surface area contributed by atoms with Gasteiger partial charge >= 0.3 is 0 Å². The van der Waals surface area contributed by atoms with E-state index in [9.17, 15) is 14.7 Å². The predicted molar refractivity (Wildman–Crippen MR) is 115 cm³/mol. The van der Waals surface area contributed by atoms with Gasteiger partial charge in [-0.2, -0.15) is 0 Å². The van der Waals surface area contributed by atoms with Crippen LogP contribution in [-0.2, 0) is 6.54 Å². The first kappa shape index (κ1) is 20.6. The highest BCUT2D eigenvalue weighted by Gasteiger charge is 2.22. The normalized spacial score (nSPS) is 10.9. The average molecular weight is 393 g/mol. The minimum atomic E-state index is -0.659. The Hall–Kier alpha value is -3.15. The lowest BCUT2D eigenvalue weighted by molar-refractivity contribution is 0.102. The van der Waals surface area contributed by atoms with Crippen LogP contribution in [0.3, 0.4) is 0 Å². The number of unbranched alkanes of at least 4 members (excludes halogenated alkanes) is 5. The van der Waals surface area contributed by atoms with E-state index < -0.39 is 11.5 Å². The van der Waals surface area contributed by atoms with Gasteiger partial charge in [0.15, 0.2) is 0 Å². The molecule has 0 saturated carbocycles. The minimum Gasteiger partial charge on any atom is -0.506 e. The van der Waals surface area contributed by atoms with Crippen LogP contribution in [0, 0.1) is 0 Å². The number of rotatable bonds is 9. The SMILES string of the molecule is CCCCCCCCn1c(=O)c(C(=O)Nc2ccccn2)c(O)c2ccccc21. The maximum atomic E-state index is 13.1. The van der Waals surface area contributed by atoms with Crippen molar-refractivity contribution < 1.29 is 9.90 Å². The van der Waals surface area contributed by atoms with Gasteiger partial charge in [0.05, 0.1) is 5.52 Å². The smallest absolute Gasteiger partial charge is 0.267 e. The first-order chi connectivity index (χ1) is 14.1. The number of aryl methyl sites for hydroxylation is 1. The molecule has 3 rings (SSSR count). The van der Waals surface area contributed by atoms with E-state index in [1.807, 2.05) is 6.07 Å². The number of para-hydroxylation sites is 1. The summed E-state index contributed by atoms with van der Waals surface area (Å²) in [5.41, 5.74) is -0.0959. The molecule has 0 aliphatic carbocycles. The molecule has 0 unspecified atom stereocenters. The molecule has 2 N–H and O–H groups in total. The van der Waals surface area contributed by atoms with Crippen molar-refractivity contribution in [1.29, 1.82) is 0 Å². The van der Waals surface area contributed by atoms with Gasteiger partial charge < -0.3 is 15.0 Å². The molecular weight excluding hydrogens is 366 g/mol. The van der Waals surface area contributed by atoms with E-state index in [1.54, 1.807) is 47.2 Å². The number of aromatic hydroxyl groups is 1. The largest absolute Gasteiger partial charge is 0.506 e. The number of anilines is 1. The van der Waals surface area contributed by atoms with Crippen molar-refractivity contribution in [2.24, 2.45) is 0 Å². The summed E-state index contributed by atoms with van der Waals surface area (Å²) in [4.78, 5) is 29.9. The Morgan fingerprint density at radius 3 is 2.52 bits per heavy atom. The Labute approximate surface area is 170 Å². The van der Waals surface area contributed by atoms with Crippen LogP contribution in [0.5, 0.6) is 5.75 Å². The monoisotopic (exact) mass is 393 g/mol. The quantitative estimate of drug-likeness (QED) is 0.516. The van der Waals surface area contributed by atoms with Gasteiger partial charge in [-0.3, -0.25) is 9.59 Å². The Bertz CT molecular complexity index is 1030. The molecule has 1 amide bonds. The fourth-order valence-corrected chi connectivity index (χ4v) is 3.48. The maximum Gasteiger partial charge on any atom is 0.267 e. The van der Waals surface area contributed by atoms with Crippen molar-refractivity contribution in [3.8, 4) is 5.75 Å². The first-order valence-corrected chi connectivity index (χ1v) is 10.2. The maximum absolute atomic E-state index is 13.1. The number of carbonyl (C=O) groups excluding carboxylic acids is 1. The molecule has 0 aliphatic heterocycles. The zero-order valence-electron chi connectivity index (χ0n) is 16.7. The summed E-state index contributed by atoms with van der Waals surface area (Å²) in [6, 6.07) is 12.2. The summed E-state index contributed by atoms with van der Waals surface area (Å²) in [7, 11) is 0. The van der Waals surface area contributed by atoms with Crippen molar-refractivity contribution in [3.05, 3.63) is 64.6 Å². The number of amides is 1. The Balaban J connectivity index is 1.91. The lowest BCUT2D eigenvalue weighted by Crippen LogP contribution is -2.30. The number of fused-ring (bicyclic) bond motifs is 1. The molecule has 2 heterocycles. The zero-order chi connectivity index (χ0) is 20.6. The molecule has 0 atom stereocenters. The lowest BCUT2D eigenvalue weighted by atomic mass is 10.1. The molecule has 6 nitrogen and oxygen atoms in total. The number of nitrogens with zero attached hydrogens (tertiary/aromatic N) is 2. The number of carbonyl (C=O) groups is 1. The number of pyridine rings is 2. The number of hydrogen-bond acceptors (Lipinski definition) is 4. The second kappa shape index (κ2) is 9.87. The fourth-order valence-electron chi connectivity index (χ4n) is 3.48. The summed E-state index contributed by atoms with van der Waals surface area (Å²) in [6.07, 6.45) is 8.16.